The van der Waals surface area contributed by atoms with E-state index < -0.39 is 0 Å². The summed E-state index contributed by atoms with van der Waals surface area (Å²) < 4.78 is 5.45. The van der Waals surface area contributed by atoms with Gasteiger partial charge in [0.2, 0.25) is 0 Å². The highest BCUT2D eigenvalue weighted by Crippen LogP contribution is 2.64. The molecule has 5 aliphatic carbocycles. The molecule has 3 heteroatoms. The van der Waals surface area contributed by atoms with Crippen molar-refractivity contribution >= 4 is 17.4 Å². The second-order valence-corrected chi connectivity index (χ2v) is 18.9. The van der Waals surface area contributed by atoms with E-state index in [9.17, 15) is 0 Å². The first kappa shape index (κ1) is 35.6. The van der Waals surface area contributed by atoms with Crippen LogP contribution in [0.5, 0.6) is 0 Å². The van der Waals surface area contributed by atoms with Crippen molar-refractivity contribution in [2.24, 2.45) is 50.7 Å². The quantitative estimate of drug-likeness (QED) is 0.155. The zero-order valence-corrected chi connectivity index (χ0v) is 31.7. The summed E-state index contributed by atoms with van der Waals surface area (Å²) in [5, 5.41) is 0. The second kappa shape index (κ2) is 13.9. The van der Waals surface area contributed by atoms with Crippen LogP contribution in [-0.2, 0) is 4.52 Å². The lowest BCUT2D eigenvalue weighted by Gasteiger charge is -2.59. The number of hydrogen-bond donors (Lipinski definition) is 0. The Labute approximate surface area is 272 Å². The van der Waals surface area contributed by atoms with Crippen LogP contribution in [0.3, 0.4) is 0 Å². The molecule has 0 heterocycles. The van der Waals surface area contributed by atoms with E-state index in [-0.39, 0.29) is 5.41 Å². The molecule has 9 atom stereocenters. The Bertz CT molecular complexity index is 1070. The molecule has 0 radical (unpaired) electrons. The molecule has 0 saturated heterocycles. The normalized spacial score (nSPS) is 40.4. The van der Waals surface area contributed by atoms with Crippen LogP contribution in [0.2, 0.25) is 0 Å². The van der Waals surface area contributed by atoms with Crippen molar-refractivity contribution in [2.45, 2.75) is 145 Å². The summed E-state index contributed by atoms with van der Waals surface area (Å²) in [5.74, 6) is 3.35. The third-order valence-electron chi connectivity index (χ3n) is 13.9. The van der Waals surface area contributed by atoms with Crippen LogP contribution in [0, 0.1) is 50.7 Å². The van der Waals surface area contributed by atoms with Crippen molar-refractivity contribution in [3.05, 3.63) is 48.1 Å². The Morgan fingerprint density at radius 3 is 2.14 bits per heavy atom. The van der Waals surface area contributed by atoms with Gasteiger partial charge in [-0.25, -0.2) is 0 Å². The van der Waals surface area contributed by atoms with Crippen LogP contribution in [0.4, 0.5) is 0 Å². The topological polar surface area (TPSA) is 9.23 Å². The van der Waals surface area contributed by atoms with Crippen LogP contribution in [0.25, 0.3) is 0 Å². The average Bonchev–Trinajstić information content (AvgIpc) is 2.92. The van der Waals surface area contributed by atoms with Gasteiger partial charge in [0.25, 0.3) is 0 Å². The molecule has 0 aromatic carbocycles. The molecule has 5 rings (SSSR count). The Morgan fingerprint density at radius 1 is 0.907 bits per heavy atom. The predicted octanol–water partition coefficient (Wildman–Crippen LogP) is 13.1. The van der Waals surface area contributed by atoms with Crippen LogP contribution in [0.1, 0.15) is 145 Å². The van der Waals surface area contributed by atoms with Gasteiger partial charge >= 0.3 is 0 Å². The molecule has 1 nitrogen and oxygen atoms in total. The zero-order chi connectivity index (χ0) is 31.7. The SMILES string of the molecule is C=C1CCC2C(C)(C)CCCC2(C)C1CC/C(C)=C\COPP.C=CC1(C)C=C2CCC3C(C)(C)CCCC3(C)C2CC1. The third kappa shape index (κ3) is 7.52. The highest BCUT2D eigenvalue weighted by atomic mass is 32.0. The van der Waals surface area contributed by atoms with E-state index >= 15 is 0 Å². The van der Waals surface area contributed by atoms with E-state index in [1.165, 1.54) is 101 Å². The monoisotopic (exact) mass is 626 g/mol. The van der Waals surface area contributed by atoms with Crippen molar-refractivity contribution in [3.63, 3.8) is 0 Å². The van der Waals surface area contributed by atoms with Gasteiger partial charge in [0.05, 0.1) is 6.61 Å². The van der Waals surface area contributed by atoms with Crippen LogP contribution in [0.15, 0.2) is 48.1 Å². The number of hydrogen-bond acceptors (Lipinski definition) is 1. The Morgan fingerprint density at radius 2 is 1.51 bits per heavy atom. The van der Waals surface area contributed by atoms with Crippen LogP contribution >= 0.6 is 17.4 Å². The largest absolute Gasteiger partial charge is 0.354 e. The fourth-order valence-electron chi connectivity index (χ4n) is 11.5. The van der Waals surface area contributed by atoms with E-state index in [2.05, 4.69) is 95.7 Å². The lowest BCUT2D eigenvalue weighted by molar-refractivity contribution is -0.0587. The van der Waals surface area contributed by atoms with E-state index in [0.29, 0.717) is 36.1 Å². The Kier molecular flexibility index (Phi) is 11.5. The van der Waals surface area contributed by atoms with E-state index in [4.69, 9.17) is 4.52 Å². The summed E-state index contributed by atoms with van der Waals surface area (Å²) in [6, 6.07) is 0. The molecular weight excluding hydrogens is 558 g/mol. The summed E-state index contributed by atoms with van der Waals surface area (Å²) in [6.07, 6.45) is 26.0. The molecule has 4 fully saturated rings. The van der Waals surface area contributed by atoms with Gasteiger partial charge in [0.1, 0.15) is 0 Å². The first-order valence-electron chi connectivity index (χ1n) is 17.9. The Hall–Kier alpha value is -0.220. The first-order valence-corrected chi connectivity index (χ1v) is 20.6. The standard InChI is InChI=1S/C20H36OP2.C20H32/c1-15(11-14-21-23-22)7-9-17-16(2)8-10-18-19(3,4)12-6-13-20(17,18)5;1-6-19(4)13-10-16-15(14-19)8-9-17-18(2,3)11-7-12-20(16,17)5/h11,17-18,23H,2,6-10,12-14,22H2,1,3-5H3;6,14,16-17H,1,7-13H2,2-5H3/b15-11-;. The molecule has 5 aliphatic rings. The van der Waals surface area contributed by atoms with E-state index in [1.807, 2.05) is 0 Å². The maximum Gasteiger partial charge on any atom is 0.0693 e. The maximum atomic E-state index is 5.45. The van der Waals surface area contributed by atoms with Gasteiger partial charge in [0, 0.05) is 13.9 Å². The molecule has 0 aromatic heterocycles. The van der Waals surface area contributed by atoms with Crippen molar-refractivity contribution < 1.29 is 4.52 Å². The minimum Gasteiger partial charge on any atom is -0.354 e. The van der Waals surface area contributed by atoms with E-state index in [1.54, 1.807) is 5.57 Å². The molecular formula is C40H68OP2. The van der Waals surface area contributed by atoms with Crippen molar-refractivity contribution in [1.29, 1.82) is 0 Å². The van der Waals surface area contributed by atoms with Gasteiger partial charge in [-0.15, -0.1) is 6.58 Å². The minimum atomic E-state index is 0.263. The molecule has 244 valence electrons. The molecule has 4 saturated carbocycles. The van der Waals surface area contributed by atoms with Gasteiger partial charge in [0.15, 0.2) is 0 Å². The molecule has 0 bridgehead atoms. The van der Waals surface area contributed by atoms with Gasteiger partial charge in [-0.1, -0.05) is 112 Å². The summed E-state index contributed by atoms with van der Waals surface area (Å²) in [7, 11) is 3.14. The molecule has 43 heavy (non-hydrogen) atoms. The number of fused-ring (bicyclic) bond motifs is 4. The average molecular weight is 627 g/mol. The molecule has 0 spiro atoms. The van der Waals surface area contributed by atoms with Crippen molar-refractivity contribution in [1.82, 2.24) is 0 Å². The molecule has 9 unspecified atom stereocenters. The first-order chi connectivity index (χ1) is 20.1. The predicted molar refractivity (Wildman–Crippen MR) is 196 cm³/mol. The lowest BCUT2D eigenvalue weighted by Crippen LogP contribution is -2.50. The van der Waals surface area contributed by atoms with Crippen LogP contribution in [-0.4, -0.2) is 6.61 Å². The van der Waals surface area contributed by atoms with Gasteiger partial charge < -0.3 is 4.52 Å². The summed E-state index contributed by atoms with van der Waals surface area (Å²) in [4.78, 5) is 0. The van der Waals surface area contributed by atoms with Gasteiger partial charge in [-0.2, -0.15) is 0 Å². The van der Waals surface area contributed by atoms with Crippen molar-refractivity contribution in [2.75, 3.05) is 6.61 Å². The third-order valence-corrected chi connectivity index (χ3v) is 14.8. The molecule has 0 amide bonds. The molecule has 0 N–H and O–H groups in total. The summed E-state index contributed by atoms with van der Waals surface area (Å²) >= 11 is 0. The van der Waals surface area contributed by atoms with Gasteiger partial charge in [-0.3, -0.25) is 0 Å². The van der Waals surface area contributed by atoms with Gasteiger partial charge in [-0.05, 0) is 129 Å². The Balaban J connectivity index is 0.000000198. The van der Waals surface area contributed by atoms with Crippen molar-refractivity contribution in [3.8, 4) is 0 Å². The highest BCUT2D eigenvalue weighted by molar-refractivity contribution is 8.00. The molecule has 0 aliphatic heterocycles. The smallest absolute Gasteiger partial charge is 0.0693 e. The summed E-state index contributed by atoms with van der Waals surface area (Å²) in [5.41, 5.74) is 7.12. The van der Waals surface area contributed by atoms with E-state index in [0.717, 1.165) is 24.4 Å². The zero-order valence-electron chi connectivity index (χ0n) is 29.5. The maximum absolute atomic E-state index is 5.45. The lowest BCUT2D eigenvalue weighted by atomic mass is 9.45. The molecule has 0 aromatic rings. The highest BCUT2D eigenvalue weighted by Gasteiger charge is 2.54. The number of allylic oxidation sites excluding steroid dienone is 5. The fourth-order valence-corrected chi connectivity index (χ4v) is 12.0. The number of rotatable bonds is 7. The fraction of sp³-hybridized carbons (Fsp3) is 0.800. The minimum absolute atomic E-state index is 0.263. The van der Waals surface area contributed by atoms with Crippen LogP contribution < -0.4 is 0 Å². The second-order valence-electron chi connectivity index (χ2n) is 17.6. The summed E-state index contributed by atoms with van der Waals surface area (Å²) in [6.45, 7) is 29.2.